The number of nitrogens with zero attached hydrogens (tertiary/aromatic N) is 3. The number of halogens is 3. The Labute approximate surface area is 183 Å². The van der Waals surface area contributed by atoms with Crippen molar-refractivity contribution in [2.24, 2.45) is 0 Å². The lowest BCUT2D eigenvalue weighted by Crippen LogP contribution is -2.44. The van der Waals surface area contributed by atoms with Crippen molar-refractivity contribution in [3.8, 4) is 0 Å². The number of H-pyrrole nitrogens is 1. The molecule has 0 atom stereocenters. The van der Waals surface area contributed by atoms with Gasteiger partial charge in [0.1, 0.15) is 11.6 Å². The second kappa shape index (κ2) is 8.64. The number of hydrogen-bond acceptors (Lipinski definition) is 4. The van der Waals surface area contributed by atoms with Gasteiger partial charge in [0, 0.05) is 48.8 Å². The van der Waals surface area contributed by atoms with Crippen LogP contribution < -0.4 is 10.2 Å². The number of carbonyl (C=O) groups excluding carboxylic acids is 1. The number of likely N-dealkylation sites (N-methyl/N-ethyl adjacent to an activating group) is 1. The summed E-state index contributed by atoms with van der Waals surface area (Å²) in [4.78, 5) is 16.9. The summed E-state index contributed by atoms with van der Waals surface area (Å²) in [5.41, 5.74) is 2.32. The van der Waals surface area contributed by atoms with Gasteiger partial charge in [-0.2, -0.15) is 5.10 Å². The molecule has 0 unspecified atom stereocenters. The van der Waals surface area contributed by atoms with Crippen LogP contribution in [0.25, 0.3) is 17.0 Å². The summed E-state index contributed by atoms with van der Waals surface area (Å²) in [6.45, 7) is 4.94. The van der Waals surface area contributed by atoms with E-state index in [1.54, 1.807) is 13.0 Å². The summed E-state index contributed by atoms with van der Waals surface area (Å²) in [6, 6.07) is 5.88. The molecule has 1 saturated heterocycles. The average Bonchev–Trinajstić information content (AvgIpc) is 3.10. The Morgan fingerprint density at radius 2 is 1.94 bits per heavy atom. The third-order valence-electron chi connectivity index (χ3n) is 5.52. The van der Waals surface area contributed by atoms with Crippen molar-refractivity contribution in [3.63, 3.8) is 0 Å². The van der Waals surface area contributed by atoms with Crippen LogP contribution in [0.15, 0.2) is 30.3 Å². The SMILES string of the molecule is Cc1c(F)ccc(N2CCN(C)CC2)c1NC(=O)/C=C/c1cc2[nH]nc(Cl)c2cc1F. The molecule has 31 heavy (non-hydrogen) atoms. The predicted octanol–water partition coefficient (Wildman–Crippen LogP) is 4.21. The van der Waals surface area contributed by atoms with Gasteiger partial charge in [0.05, 0.1) is 16.9 Å². The smallest absolute Gasteiger partial charge is 0.248 e. The second-order valence-electron chi connectivity index (χ2n) is 7.61. The first-order chi connectivity index (χ1) is 14.8. The zero-order valence-electron chi connectivity index (χ0n) is 17.2. The van der Waals surface area contributed by atoms with Crippen LogP contribution in [-0.4, -0.2) is 54.2 Å². The van der Waals surface area contributed by atoms with Gasteiger partial charge in [-0.05, 0) is 44.3 Å². The minimum Gasteiger partial charge on any atom is -0.367 e. The van der Waals surface area contributed by atoms with E-state index in [0.29, 0.717) is 22.2 Å². The van der Waals surface area contributed by atoms with Crippen molar-refractivity contribution in [1.29, 1.82) is 0 Å². The fraction of sp³-hybridized carbons (Fsp3) is 0.273. The summed E-state index contributed by atoms with van der Waals surface area (Å²) < 4.78 is 28.6. The summed E-state index contributed by atoms with van der Waals surface area (Å²) >= 11 is 5.90. The first kappa shape index (κ1) is 21.3. The third kappa shape index (κ3) is 4.40. The number of amides is 1. The van der Waals surface area contributed by atoms with E-state index in [2.05, 4.69) is 32.4 Å². The van der Waals surface area contributed by atoms with E-state index in [-0.39, 0.29) is 10.7 Å². The number of carbonyl (C=O) groups is 1. The van der Waals surface area contributed by atoms with Crippen molar-refractivity contribution in [3.05, 3.63) is 58.3 Å². The lowest BCUT2D eigenvalue weighted by Gasteiger charge is -2.35. The zero-order valence-corrected chi connectivity index (χ0v) is 17.9. The predicted molar refractivity (Wildman–Crippen MR) is 120 cm³/mol. The van der Waals surface area contributed by atoms with Crippen LogP contribution in [0, 0.1) is 18.6 Å². The fourth-order valence-electron chi connectivity index (χ4n) is 3.62. The highest BCUT2D eigenvalue weighted by Gasteiger charge is 2.20. The van der Waals surface area contributed by atoms with Gasteiger partial charge in [-0.3, -0.25) is 9.89 Å². The van der Waals surface area contributed by atoms with E-state index >= 15 is 0 Å². The van der Waals surface area contributed by atoms with Crippen molar-refractivity contribution in [2.75, 3.05) is 43.4 Å². The summed E-state index contributed by atoms with van der Waals surface area (Å²) in [5, 5.41) is 9.96. The van der Waals surface area contributed by atoms with Crippen molar-refractivity contribution < 1.29 is 13.6 Å². The number of anilines is 2. The molecule has 0 bridgehead atoms. The Balaban J connectivity index is 1.57. The largest absolute Gasteiger partial charge is 0.367 e. The van der Waals surface area contributed by atoms with Gasteiger partial charge in [0.25, 0.3) is 0 Å². The Kier molecular flexibility index (Phi) is 5.93. The lowest BCUT2D eigenvalue weighted by atomic mass is 10.1. The quantitative estimate of drug-likeness (QED) is 0.590. The molecule has 1 amide bonds. The number of aromatic nitrogens is 2. The first-order valence-electron chi connectivity index (χ1n) is 9.88. The van der Waals surface area contributed by atoms with Crippen LogP contribution in [0.2, 0.25) is 5.15 Å². The van der Waals surface area contributed by atoms with E-state index < -0.39 is 17.5 Å². The Morgan fingerprint density at radius 1 is 1.19 bits per heavy atom. The summed E-state index contributed by atoms with van der Waals surface area (Å²) in [6.07, 6.45) is 2.59. The zero-order chi connectivity index (χ0) is 22.1. The van der Waals surface area contributed by atoms with E-state index in [4.69, 9.17) is 11.6 Å². The molecule has 2 heterocycles. The minimum absolute atomic E-state index is 0.181. The molecule has 0 radical (unpaired) electrons. The Morgan fingerprint density at radius 3 is 2.68 bits per heavy atom. The van der Waals surface area contributed by atoms with Gasteiger partial charge in [-0.25, -0.2) is 8.78 Å². The molecular formula is C22H22ClF2N5O. The van der Waals surface area contributed by atoms with Gasteiger partial charge in [0.15, 0.2) is 5.15 Å². The maximum absolute atomic E-state index is 14.4. The molecule has 162 valence electrons. The maximum atomic E-state index is 14.4. The molecule has 3 aromatic rings. The van der Waals surface area contributed by atoms with Crippen LogP contribution in [0.4, 0.5) is 20.2 Å². The van der Waals surface area contributed by atoms with Crippen LogP contribution in [0.1, 0.15) is 11.1 Å². The van der Waals surface area contributed by atoms with E-state index in [0.717, 1.165) is 31.9 Å². The van der Waals surface area contributed by atoms with E-state index in [1.165, 1.54) is 30.4 Å². The highest BCUT2D eigenvalue weighted by Crippen LogP contribution is 2.32. The third-order valence-corrected chi connectivity index (χ3v) is 5.81. The number of nitrogens with one attached hydrogen (secondary N) is 2. The van der Waals surface area contributed by atoms with Crippen LogP contribution >= 0.6 is 11.6 Å². The van der Waals surface area contributed by atoms with Gasteiger partial charge in [-0.15, -0.1) is 0 Å². The lowest BCUT2D eigenvalue weighted by molar-refractivity contribution is -0.111. The number of piperazine rings is 1. The van der Waals surface area contributed by atoms with Gasteiger partial charge in [0.2, 0.25) is 5.91 Å². The highest BCUT2D eigenvalue weighted by molar-refractivity contribution is 6.34. The van der Waals surface area contributed by atoms with Crippen LogP contribution in [-0.2, 0) is 4.79 Å². The molecule has 4 rings (SSSR count). The monoisotopic (exact) mass is 445 g/mol. The number of aromatic amines is 1. The van der Waals surface area contributed by atoms with Crippen molar-refractivity contribution >= 4 is 45.9 Å². The molecule has 0 spiro atoms. The maximum Gasteiger partial charge on any atom is 0.248 e. The van der Waals surface area contributed by atoms with Gasteiger partial charge < -0.3 is 15.1 Å². The van der Waals surface area contributed by atoms with Gasteiger partial charge >= 0.3 is 0 Å². The van der Waals surface area contributed by atoms with Crippen LogP contribution in [0.5, 0.6) is 0 Å². The summed E-state index contributed by atoms with van der Waals surface area (Å²) in [7, 11) is 2.05. The summed E-state index contributed by atoms with van der Waals surface area (Å²) in [5.74, 6) is -1.41. The topological polar surface area (TPSA) is 64.3 Å². The average molecular weight is 446 g/mol. The first-order valence-corrected chi connectivity index (χ1v) is 10.3. The van der Waals surface area contributed by atoms with Gasteiger partial charge in [-0.1, -0.05) is 11.6 Å². The van der Waals surface area contributed by atoms with E-state index in [1.807, 2.05) is 0 Å². The molecular weight excluding hydrogens is 424 g/mol. The van der Waals surface area contributed by atoms with E-state index in [9.17, 15) is 13.6 Å². The molecule has 1 aliphatic rings. The normalized spacial score (nSPS) is 15.2. The number of fused-ring (bicyclic) bond motifs is 1. The number of rotatable bonds is 4. The molecule has 2 aromatic carbocycles. The molecule has 0 aliphatic carbocycles. The molecule has 1 fully saturated rings. The van der Waals surface area contributed by atoms with Crippen LogP contribution in [0.3, 0.4) is 0 Å². The Hall–Kier alpha value is -2.97. The number of benzene rings is 2. The standard InChI is InChI=1S/C22H22ClF2N5O/c1-13-16(24)4-5-19(30-9-7-29(2)8-10-30)21(13)26-20(31)6-3-14-11-18-15(12-17(14)25)22(23)28-27-18/h3-6,11-12H,7-10H2,1-2H3,(H,26,31)(H,27,28)/b6-3+. The second-order valence-corrected chi connectivity index (χ2v) is 7.97. The Bertz CT molecular complexity index is 1170. The molecule has 6 nitrogen and oxygen atoms in total. The molecule has 1 aliphatic heterocycles. The fourth-order valence-corrected chi connectivity index (χ4v) is 3.82. The molecule has 2 N–H and O–H groups in total. The highest BCUT2D eigenvalue weighted by atomic mass is 35.5. The molecule has 0 saturated carbocycles. The molecule has 9 heteroatoms. The van der Waals surface area contributed by atoms with Crippen molar-refractivity contribution in [1.82, 2.24) is 15.1 Å². The molecule has 1 aromatic heterocycles. The minimum atomic E-state index is -0.528. The number of hydrogen-bond donors (Lipinski definition) is 2. The van der Waals surface area contributed by atoms with Crippen molar-refractivity contribution in [2.45, 2.75) is 6.92 Å².